The standard InChI is InChI=1S/C11H19N3O2/c1-5-9-8(11(16)14(4)13-9)6-12-10(15)7(2)3/h7,13H,5-6H2,1-4H3,(H,12,15). The summed E-state index contributed by atoms with van der Waals surface area (Å²) in [5, 5.41) is 5.72. The highest BCUT2D eigenvalue weighted by atomic mass is 16.2. The Kier molecular flexibility index (Phi) is 3.93. The summed E-state index contributed by atoms with van der Waals surface area (Å²) >= 11 is 0. The first-order valence-electron chi connectivity index (χ1n) is 5.51. The van der Waals surface area contributed by atoms with Gasteiger partial charge < -0.3 is 5.32 Å². The molecule has 0 aliphatic heterocycles. The highest BCUT2D eigenvalue weighted by Gasteiger charge is 2.13. The van der Waals surface area contributed by atoms with Crippen LogP contribution >= 0.6 is 0 Å². The van der Waals surface area contributed by atoms with Gasteiger partial charge in [-0.25, -0.2) is 0 Å². The van der Waals surface area contributed by atoms with Crippen molar-refractivity contribution in [2.45, 2.75) is 33.7 Å². The Morgan fingerprint density at radius 3 is 2.62 bits per heavy atom. The van der Waals surface area contributed by atoms with E-state index in [-0.39, 0.29) is 17.4 Å². The Labute approximate surface area is 94.8 Å². The van der Waals surface area contributed by atoms with Crippen LogP contribution in [0.25, 0.3) is 0 Å². The molecular weight excluding hydrogens is 206 g/mol. The largest absolute Gasteiger partial charge is 0.352 e. The van der Waals surface area contributed by atoms with Gasteiger partial charge in [-0.3, -0.25) is 19.4 Å². The smallest absolute Gasteiger partial charge is 0.271 e. The number of hydrogen-bond acceptors (Lipinski definition) is 2. The summed E-state index contributed by atoms with van der Waals surface area (Å²) in [6.07, 6.45) is 0.753. The van der Waals surface area contributed by atoms with Crippen molar-refractivity contribution in [1.29, 1.82) is 0 Å². The maximum absolute atomic E-state index is 11.7. The Bertz CT molecular complexity index is 429. The zero-order valence-electron chi connectivity index (χ0n) is 10.3. The van der Waals surface area contributed by atoms with Crippen LogP contribution in [0.3, 0.4) is 0 Å². The highest BCUT2D eigenvalue weighted by molar-refractivity contribution is 5.77. The summed E-state index contributed by atoms with van der Waals surface area (Å²) in [6, 6.07) is 0. The summed E-state index contributed by atoms with van der Waals surface area (Å²) in [4.78, 5) is 23.1. The van der Waals surface area contributed by atoms with E-state index < -0.39 is 0 Å². The van der Waals surface area contributed by atoms with E-state index in [1.807, 2.05) is 20.8 Å². The SMILES string of the molecule is CCc1[nH]n(C)c(=O)c1CNC(=O)C(C)C. The molecule has 0 unspecified atom stereocenters. The fourth-order valence-corrected chi connectivity index (χ4v) is 1.51. The number of H-pyrrole nitrogens is 1. The minimum absolute atomic E-state index is 0.0368. The maximum Gasteiger partial charge on any atom is 0.271 e. The Morgan fingerprint density at radius 1 is 1.50 bits per heavy atom. The van der Waals surface area contributed by atoms with Crippen LogP contribution in [-0.4, -0.2) is 15.7 Å². The van der Waals surface area contributed by atoms with Gasteiger partial charge in [0.25, 0.3) is 5.56 Å². The number of amides is 1. The second-order valence-corrected chi connectivity index (χ2v) is 4.16. The minimum atomic E-state index is -0.0686. The number of aryl methyl sites for hydroxylation is 2. The predicted molar refractivity (Wildman–Crippen MR) is 62.1 cm³/mol. The Hall–Kier alpha value is -1.52. The van der Waals surface area contributed by atoms with Crippen LogP contribution in [0.15, 0.2) is 4.79 Å². The molecule has 0 fully saturated rings. The van der Waals surface area contributed by atoms with Crippen molar-refractivity contribution >= 4 is 5.91 Å². The van der Waals surface area contributed by atoms with Crippen LogP contribution in [0.2, 0.25) is 0 Å². The first-order valence-corrected chi connectivity index (χ1v) is 5.51. The van der Waals surface area contributed by atoms with E-state index in [4.69, 9.17) is 0 Å². The van der Waals surface area contributed by atoms with Crippen LogP contribution < -0.4 is 10.9 Å². The zero-order chi connectivity index (χ0) is 12.3. The second kappa shape index (κ2) is 5.01. The van der Waals surface area contributed by atoms with Gasteiger partial charge in [0, 0.05) is 18.7 Å². The van der Waals surface area contributed by atoms with Crippen LogP contribution in [-0.2, 0) is 24.8 Å². The molecule has 0 radical (unpaired) electrons. The number of aromatic nitrogens is 2. The predicted octanol–water partition coefficient (Wildman–Crippen LogP) is 0.548. The number of hydrogen-bond donors (Lipinski definition) is 2. The summed E-state index contributed by atoms with van der Waals surface area (Å²) in [6.45, 7) is 5.92. The molecule has 0 spiro atoms. The van der Waals surface area contributed by atoms with Gasteiger partial charge in [0.2, 0.25) is 5.91 Å². The molecule has 0 bridgehead atoms. The van der Waals surface area contributed by atoms with E-state index in [1.54, 1.807) is 7.05 Å². The Morgan fingerprint density at radius 2 is 2.12 bits per heavy atom. The first kappa shape index (κ1) is 12.5. The quantitative estimate of drug-likeness (QED) is 0.785. The molecule has 1 aromatic heterocycles. The minimum Gasteiger partial charge on any atom is -0.352 e. The molecule has 0 aromatic carbocycles. The topological polar surface area (TPSA) is 66.9 Å². The molecule has 90 valence electrons. The van der Waals surface area contributed by atoms with Crippen molar-refractivity contribution in [2.75, 3.05) is 0 Å². The average Bonchev–Trinajstić information content (AvgIpc) is 2.51. The molecule has 1 amide bonds. The number of nitrogens with zero attached hydrogens (tertiary/aromatic N) is 1. The normalized spacial score (nSPS) is 10.8. The van der Waals surface area contributed by atoms with Gasteiger partial charge in [-0.15, -0.1) is 0 Å². The van der Waals surface area contributed by atoms with Gasteiger partial charge in [0.15, 0.2) is 0 Å². The third-order valence-corrected chi connectivity index (χ3v) is 2.55. The van der Waals surface area contributed by atoms with Crippen LogP contribution in [0, 0.1) is 5.92 Å². The lowest BCUT2D eigenvalue weighted by atomic mass is 10.2. The molecular formula is C11H19N3O2. The molecule has 0 saturated heterocycles. The number of carbonyl (C=O) groups is 1. The molecule has 0 aliphatic carbocycles. The van der Waals surface area contributed by atoms with Gasteiger partial charge in [0.1, 0.15) is 0 Å². The third-order valence-electron chi connectivity index (χ3n) is 2.55. The average molecular weight is 225 g/mol. The highest BCUT2D eigenvalue weighted by Crippen LogP contribution is 2.02. The second-order valence-electron chi connectivity index (χ2n) is 4.16. The maximum atomic E-state index is 11.7. The summed E-state index contributed by atoms with van der Waals surface area (Å²) in [7, 11) is 1.68. The molecule has 0 aliphatic rings. The van der Waals surface area contributed by atoms with Gasteiger partial charge in [-0.05, 0) is 6.42 Å². The van der Waals surface area contributed by atoms with E-state index in [0.717, 1.165) is 12.1 Å². The number of nitrogens with one attached hydrogen (secondary N) is 2. The monoisotopic (exact) mass is 225 g/mol. The van der Waals surface area contributed by atoms with E-state index in [1.165, 1.54) is 4.68 Å². The van der Waals surface area contributed by atoms with Gasteiger partial charge in [-0.1, -0.05) is 20.8 Å². The fourth-order valence-electron chi connectivity index (χ4n) is 1.51. The van der Waals surface area contributed by atoms with E-state index in [0.29, 0.717) is 12.1 Å². The van der Waals surface area contributed by atoms with Crippen LogP contribution in [0.5, 0.6) is 0 Å². The molecule has 1 heterocycles. The molecule has 1 rings (SSSR count). The summed E-state index contributed by atoms with van der Waals surface area (Å²) in [5.74, 6) is -0.0989. The molecule has 5 heteroatoms. The fraction of sp³-hybridized carbons (Fsp3) is 0.636. The number of aromatic amines is 1. The number of rotatable bonds is 4. The third kappa shape index (κ3) is 2.53. The van der Waals surface area contributed by atoms with E-state index >= 15 is 0 Å². The van der Waals surface area contributed by atoms with Crippen molar-refractivity contribution in [2.24, 2.45) is 13.0 Å². The summed E-state index contributed by atoms with van der Waals surface area (Å²) in [5.41, 5.74) is 1.47. The van der Waals surface area contributed by atoms with E-state index in [2.05, 4.69) is 10.4 Å². The van der Waals surface area contributed by atoms with Crippen molar-refractivity contribution in [3.05, 3.63) is 21.6 Å². The van der Waals surface area contributed by atoms with Crippen molar-refractivity contribution in [1.82, 2.24) is 15.1 Å². The van der Waals surface area contributed by atoms with Crippen LogP contribution in [0.1, 0.15) is 32.0 Å². The van der Waals surface area contributed by atoms with Crippen molar-refractivity contribution < 1.29 is 4.79 Å². The lowest BCUT2D eigenvalue weighted by Crippen LogP contribution is -2.30. The summed E-state index contributed by atoms with van der Waals surface area (Å²) < 4.78 is 1.44. The lowest BCUT2D eigenvalue weighted by molar-refractivity contribution is -0.124. The molecule has 16 heavy (non-hydrogen) atoms. The van der Waals surface area contributed by atoms with Gasteiger partial charge in [0.05, 0.1) is 12.1 Å². The van der Waals surface area contributed by atoms with Gasteiger partial charge in [-0.2, -0.15) is 0 Å². The first-order chi connectivity index (χ1) is 7.47. The van der Waals surface area contributed by atoms with E-state index in [9.17, 15) is 9.59 Å². The van der Waals surface area contributed by atoms with Gasteiger partial charge >= 0.3 is 0 Å². The molecule has 0 atom stereocenters. The molecule has 5 nitrogen and oxygen atoms in total. The zero-order valence-corrected chi connectivity index (χ0v) is 10.3. The molecule has 1 aromatic rings. The Balaban J connectivity index is 2.81. The van der Waals surface area contributed by atoms with Crippen molar-refractivity contribution in [3.8, 4) is 0 Å². The molecule has 2 N–H and O–H groups in total. The molecule has 0 saturated carbocycles. The number of carbonyl (C=O) groups excluding carboxylic acids is 1. The van der Waals surface area contributed by atoms with Crippen LogP contribution in [0.4, 0.5) is 0 Å². The van der Waals surface area contributed by atoms with Crippen molar-refractivity contribution in [3.63, 3.8) is 0 Å². The lowest BCUT2D eigenvalue weighted by Gasteiger charge is -2.06.